The number of hydrogen-bond acceptors (Lipinski definition) is 2. The molecule has 0 fully saturated rings. The summed E-state index contributed by atoms with van der Waals surface area (Å²) in [6.45, 7) is 4.18. The molecule has 4 heteroatoms. The number of aryl methyl sites for hydroxylation is 2. The van der Waals surface area contributed by atoms with Gasteiger partial charge in [-0.25, -0.2) is 4.98 Å². The third kappa shape index (κ3) is 2.06. The molecule has 96 valence electrons. The van der Waals surface area contributed by atoms with E-state index in [1.807, 2.05) is 6.07 Å². The summed E-state index contributed by atoms with van der Waals surface area (Å²) in [5, 5.41) is 0.611. The molecule has 1 heterocycles. The van der Waals surface area contributed by atoms with Gasteiger partial charge in [0.05, 0.1) is 11.2 Å². The molecule has 0 aliphatic rings. The Bertz CT molecular complexity index is 774. The van der Waals surface area contributed by atoms with Gasteiger partial charge in [-0.15, -0.1) is 0 Å². The van der Waals surface area contributed by atoms with E-state index in [2.05, 4.69) is 42.0 Å². The van der Waals surface area contributed by atoms with Crippen LogP contribution in [0.15, 0.2) is 30.3 Å². The van der Waals surface area contributed by atoms with E-state index in [4.69, 9.17) is 17.3 Å². The first-order chi connectivity index (χ1) is 9.04. The van der Waals surface area contributed by atoms with Crippen LogP contribution in [0.25, 0.3) is 22.4 Å². The first-order valence-electron chi connectivity index (χ1n) is 6.07. The molecule has 3 aromatic rings. The Labute approximate surface area is 116 Å². The van der Waals surface area contributed by atoms with Crippen LogP contribution in [-0.2, 0) is 0 Å². The second-order valence-electron chi connectivity index (χ2n) is 4.78. The summed E-state index contributed by atoms with van der Waals surface area (Å²) in [5.41, 5.74) is 11.7. The Morgan fingerprint density at radius 3 is 2.63 bits per heavy atom. The number of nitrogens with one attached hydrogen (secondary N) is 1. The Balaban J connectivity index is 2.20. The maximum absolute atomic E-state index is 6.00. The van der Waals surface area contributed by atoms with Crippen LogP contribution in [0.3, 0.4) is 0 Å². The average molecular weight is 272 g/mol. The van der Waals surface area contributed by atoms with Crippen LogP contribution in [0.2, 0.25) is 5.02 Å². The largest absolute Gasteiger partial charge is 0.397 e. The molecular weight excluding hydrogens is 258 g/mol. The van der Waals surface area contributed by atoms with E-state index in [1.165, 1.54) is 11.1 Å². The summed E-state index contributed by atoms with van der Waals surface area (Å²) in [6.07, 6.45) is 0. The first-order valence-corrected chi connectivity index (χ1v) is 6.45. The van der Waals surface area contributed by atoms with Crippen LogP contribution in [0.1, 0.15) is 11.1 Å². The molecule has 0 unspecified atom stereocenters. The number of benzene rings is 2. The first kappa shape index (κ1) is 12.1. The number of nitrogen functional groups attached to an aromatic ring is 1. The predicted octanol–water partition coefficient (Wildman–Crippen LogP) is 4.08. The van der Waals surface area contributed by atoms with E-state index < -0.39 is 0 Å². The van der Waals surface area contributed by atoms with Crippen molar-refractivity contribution in [3.63, 3.8) is 0 Å². The molecule has 19 heavy (non-hydrogen) atoms. The van der Waals surface area contributed by atoms with Crippen molar-refractivity contribution in [1.29, 1.82) is 0 Å². The van der Waals surface area contributed by atoms with Crippen LogP contribution in [-0.4, -0.2) is 9.97 Å². The number of aromatic nitrogens is 2. The third-order valence-corrected chi connectivity index (χ3v) is 3.58. The highest BCUT2D eigenvalue weighted by molar-refractivity contribution is 6.31. The van der Waals surface area contributed by atoms with Crippen LogP contribution >= 0.6 is 11.6 Å². The summed E-state index contributed by atoms with van der Waals surface area (Å²) in [7, 11) is 0. The molecular formula is C15H14ClN3. The number of rotatable bonds is 1. The minimum absolute atomic E-state index is 0.592. The van der Waals surface area contributed by atoms with Gasteiger partial charge < -0.3 is 10.7 Å². The van der Waals surface area contributed by atoms with E-state index >= 15 is 0 Å². The monoisotopic (exact) mass is 271 g/mol. The summed E-state index contributed by atoms with van der Waals surface area (Å²) >= 11 is 6.00. The lowest BCUT2D eigenvalue weighted by Crippen LogP contribution is -1.86. The van der Waals surface area contributed by atoms with Crippen LogP contribution in [0, 0.1) is 13.8 Å². The van der Waals surface area contributed by atoms with E-state index in [0.717, 1.165) is 22.4 Å². The van der Waals surface area contributed by atoms with Crippen LogP contribution in [0.5, 0.6) is 0 Å². The van der Waals surface area contributed by atoms with Gasteiger partial charge in [0.15, 0.2) is 0 Å². The zero-order chi connectivity index (χ0) is 13.6. The lowest BCUT2D eigenvalue weighted by Gasteiger charge is -2.02. The van der Waals surface area contributed by atoms with Gasteiger partial charge in [-0.05, 0) is 43.2 Å². The molecule has 3 rings (SSSR count). The Kier molecular flexibility index (Phi) is 2.72. The van der Waals surface area contributed by atoms with E-state index in [-0.39, 0.29) is 0 Å². The molecule has 1 aromatic heterocycles. The van der Waals surface area contributed by atoms with Crippen LogP contribution in [0.4, 0.5) is 5.69 Å². The molecule has 0 aliphatic carbocycles. The fourth-order valence-corrected chi connectivity index (χ4v) is 2.36. The second-order valence-corrected chi connectivity index (χ2v) is 5.21. The summed E-state index contributed by atoms with van der Waals surface area (Å²) < 4.78 is 0. The van der Waals surface area contributed by atoms with Gasteiger partial charge in [-0.1, -0.05) is 23.7 Å². The van der Waals surface area contributed by atoms with Gasteiger partial charge >= 0.3 is 0 Å². The summed E-state index contributed by atoms with van der Waals surface area (Å²) in [4.78, 5) is 7.82. The van der Waals surface area contributed by atoms with Gasteiger partial charge in [-0.3, -0.25) is 0 Å². The minimum atomic E-state index is 0.592. The van der Waals surface area contributed by atoms with Gasteiger partial charge in [0.1, 0.15) is 11.3 Å². The summed E-state index contributed by atoms with van der Waals surface area (Å²) in [5.74, 6) is 0.812. The molecule has 0 saturated carbocycles. The van der Waals surface area contributed by atoms with Crippen molar-refractivity contribution in [3.05, 3.63) is 46.5 Å². The molecule has 0 aliphatic heterocycles. The van der Waals surface area contributed by atoms with Gasteiger partial charge in [0.2, 0.25) is 0 Å². The highest BCUT2D eigenvalue weighted by atomic mass is 35.5. The zero-order valence-corrected chi connectivity index (χ0v) is 11.5. The maximum Gasteiger partial charge on any atom is 0.138 e. The molecule has 3 N–H and O–H groups in total. The third-order valence-electron chi connectivity index (χ3n) is 3.36. The normalized spacial score (nSPS) is 11.1. The molecule has 0 amide bonds. The van der Waals surface area contributed by atoms with Crippen molar-refractivity contribution in [2.45, 2.75) is 13.8 Å². The maximum atomic E-state index is 6.00. The number of fused-ring (bicyclic) bond motifs is 1. The van der Waals surface area contributed by atoms with Crippen molar-refractivity contribution in [2.75, 3.05) is 5.73 Å². The number of halogens is 1. The van der Waals surface area contributed by atoms with Crippen molar-refractivity contribution in [2.24, 2.45) is 0 Å². The van der Waals surface area contributed by atoms with Gasteiger partial charge in [-0.2, -0.15) is 0 Å². The quantitative estimate of drug-likeness (QED) is 0.655. The number of H-pyrrole nitrogens is 1. The smallest absolute Gasteiger partial charge is 0.138 e. The molecule has 3 nitrogen and oxygen atoms in total. The van der Waals surface area contributed by atoms with Crippen molar-refractivity contribution >= 4 is 28.3 Å². The van der Waals surface area contributed by atoms with Gasteiger partial charge in [0.25, 0.3) is 0 Å². The molecule has 0 bridgehead atoms. The van der Waals surface area contributed by atoms with E-state index in [1.54, 1.807) is 6.07 Å². The van der Waals surface area contributed by atoms with Crippen molar-refractivity contribution in [1.82, 2.24) is 9.97 Å². The van der Waals surface area contributed by atoms with Gasteiger partial charge in [0, 0.05) is 10.6 Å². The highest BCUT2D eigenvalue weighted by Crippen LogP contribution is 2.28. The molecule has 0 atom stereocenters. The number of nitrogens with zero attached hydrogens (tertiary/aromatic N) is 1. The number of hydrogen-bond donors (Lipinski definition) is 2. The van der Waals surface area contributed by atoms with Crippen LogP contribution < -0.4 is 5.73 Å². The lowest BCUT2D eigenvalue weighted by atomic mass is 10.1. The van der Waals surface area contributed by atoms with Crippen molar-refractivity contribution in [3.8, 4) is 11.4 Å². The second kappa shape index (κ2) is 4.28. The summed E-state index contributed by atoms with van der Waals surface area (Å²) in [6, 6.07) is 9.82. The predicted molar refractivity (Wildman–Crippen MR) is 80.4 cm³/mol. The Morgan fingerprint density at radius 2 is 1.89 bits per heavy atom. The average Bonchev–Trinajstić information content (AvgIpc) is 2.76. The number of nitrogens with two attached hydrogens (primary N) is 1. The molecule has 0 radical (unpaired) electrons. The number of aromatic amines is 1. The Hall–Kier alpha value is -2.00. The standard InChI is InChI=1S/C15H14ClN3/c1-8-3-4-10(5-9(8)2)15-18-13-7-11(16)6-12(17)14(13)19-15/h3-7H,17H2,1-2H3,(H,18,19). The van der Waals surface area contributed by atoms with E-state index in [9.17, 15) is 0 Å². The van der Waals surface area contributed by atoms with E-state index in [0.29, 0.717) is 10.7 Å². The topological polar surface area (TPSA) is 54.7 Å². The fourth-order valence-electron chi connectivity index (χ4n) is 2.13. The Morgan fingerprint density at radius 1 is 1.11 bits per heavy atom. The number of anilines is 1. The number of imidazole rings is 1. The minimum Gasteiger partial charge on any atom is -0.397 e. The zero-order valence-electron chi connectivity index (χ0n) is 10.8. The lowest BCUT2D eigenvalue weighted by molar-refractivity contribution is 1.29. The highest BCUT2D eigenvalue weighted by Gasteiger charge is 2.09. The van der Waals surface area contributed by atoms with Crippen molar-refractivity contribution < 1.29 is 0 Å². The fraction of sp³-hybridized carbons (Fsp3) is 0.133. The molecule has 2 aromatic carbocycles. The SMILES string of the molecule is Cc1ccc(-c2nc3c(N)cc(Cl)cc3[nH]2)cc1C. The molecule has 0 spiro atoms. The molecule has 0 saturated heterocycles.